The molecule has 6 heteroatoms. The van der Waals surface area contributed by atoms with Crippen molar-refractivity contribution in [2.45, 2.75) is 13.0 Å². The number of nitrogens with zero attached hydrogens (tertiary/aromatic N) is 3. The van der Waals surface area contributed by atoms with Gasteiger partial charge in [-0.2, -0.15) is 0 Å². The van der Waals surface area contributed by atoms with E-state index in [0.29, 0.717) is 19.5 Å². The van der Waals surface area contributed by atoms with Gasteiger partial charge < -0.3 is 15.5 Å². The predicted molar refractivity (Wildman–Crippen MR) is 76.1 cm³/mol. The fourth-order valence-electron chi connectivity index (χ4n) is 1.95. The minimum Gasteiger partial charge on any atom is -0.443 e. The van der Waals surface area contributed by atoms with E-state index < -0.39 is 0 Å². The molecular weight excluding hydrogens is 254 g/mol. The van der Waals surface area contributed by atoms with Crippen LogP contribution >= 0.6 is 0 Å². The van der Waals surface area contributed by atoms with Gasteiger partial charge >= 0.3 is 0 Å². The first-order valence-electron chi connectivity index (χ1n) is 6.43. The molecule has 0 atom stereocenters. The summed E-state index contributed by atoms with van der Waals surface area (Å²) in [6.45, 7) is 1.21. The van der Waals surface area contributed by atoms with Crippen LogP contribution in [0.15, 0.2) is 41.3 Å². The molecule has 0 saturated carbocycles. The van der Waals surface area contributed by atoms with Crippen molar-refractivity contribution >= 4 is 16.9 Å². The van der Waals surface area contributed by atoms with Gasteiger partial charge in [-0.15, -0.1) is 0 Å². The summed E-state index contributed by atoms with van der Waals surface area (Å²) in [5.74, 6) is 1.55. The zero-order valence-corrected chi connectivity index (χ0v) is 10.9. The highest BCUT2D eigenvalue weighted by Crippen LogP contribution is 2.15. The van der Waals surface area contributed by atoms with E-state index in [1.54, 1.807) is 6.20 Å². The van der Waals surface area contributed by atoms with Crippen LogP contribution in [0, 0.1) is 0 Å². The molecule has 3 rings (SSSR count). The van der Waals surface area contributed by atoms with Crippen LogP contribution in [0.1, 0.15) is 11.4 Å². The second-order valence-electron chi connectivity index (χ2n) is 4.40. The Kier molecular flexibility index (Phi) is 3.56. The van der Waals surface area contributed by atoms with E-state index in [-0.39, 0.29) is 0 Å². The molecular formula is C14H15N5O. The van der Waals surface area contributed by atoms with E-state index in [1.165, 1.54) is 6.39 Å². The van der Waals surface area contributed by atoms with Gasteiger partial charge in [-0.3, -0.25) is 0 Å². The van der Waals surface area contributed by atoms with Crippen LogP contribution in [0.3, 0.4) is 0 Å². The third-order valence-electron chi connectivity index (χ3n) is 2.94. The van der Waals surface area contributed by atoms with E-state index in [9.17, 15) is 0 Å². The second-order valence-corrected chi connectivity index (χ2v) is 4.40. The van der Waals surface area contributed by atoms with Crippen LogP contribution in [0.2, 0.25) is 0 Å². The maximum Gasteiger partial charge on any atom is 0.181 e. The summed E-state index contributed by atoms with van der Waals surface area (Å²) in [6.07, 6.45) is 3.87. The van der Waals surface area contributed by atoms with E-state index in [4.69, 9.17) is 10.2 Å². The molecule has 0 unspecified atom stereocenters. The molecule has 0 aliphatic carbocycles. The summed E-state index contributed by atoms with van der Waals surface area (Å²) in [4.78, 5) is 12.6. The van der Waals surface area contributed by atoms with Gasteiger partial charge in [0.25, 0.3) is 0 Å². The largest absolute Gasteiger partial charge is 0.443 e. The zero-order valence-electron chi connectivity index (χ0n) is 10.9. The molecule has 2 aromatic heterocycles. The topological polar surface area (TPSA) is 89.9 Å². The summed E-state index contributed by atoms with van der Waals surface area (Å²) in [7, 11) is 0. The molecule has 0 spiro atoms. The van der Waals surface area contributed by atoms with Gasteiger partial charge in [0.1, 0.15) is 17.2 Å². The highest BCUT2D eigenvalue weighted by molar-refractivity contribution is 5.72. The Morgan fingerprint density at radius 3 is 3.05 bits per heavy atom. The molecule has 2 heterocycles. The van der Waals surface area contributed by atoms with Crippen molar-refractivity contribution < 1.29 is 4.42 Å². The maximum absolute atomic E-state index is 5.50. The molecule has 0 fully saturated rings. The number of aromatic nitrogens is 3. The lowest BCUT2D eigenvalue weighted by molar-refractivity contribution is 0.602. The van der Waals surface area contributed by atoms with Crippen LogP contribution in [0.4, 0.5) is 5.82 Å². The number of nitrogens with two attached hydrogens (primary N) is 1. The van der Waals surface area contributed by atoms with Crippen molar-refractivity contribution in [2.24, 2.45) is 5.73 Å². The van der Waals surface area contributed by atoms with Gasteiger partial charge in [0.15, 0.2) is 12.0 Å². The fraction of sp³-hybridized carbons (Fsp3) is 0.214. The minimum atomic E-state index is 0.547. The molecule has 0 radical (unpaired) electrons. The smallest absolute Gasteiger partial charge is 0.181 e. The number of hydrogen-bond donors (Lipinski definition) is 2. The standard InChI is InChI=1S/C14H15N5O/c15-5-3-13-16-6-4-14(19-13)17-8-10-1-2-11-12(7-10)20-9-18-11/h1-2,4,6-7,9H,3,5,8,15H2,(H,16,17,19). The maximum atomic E-state index is 5.50. The third-order valence-corrected chi connectivity index (χ3v) is 2.94. The fourth-order valence-corrected chi connectivity index (χ4v) is 1.95. The molecule has 6 nitrogen and oxygen atoms in total. The lowest BCUT2D eigenvalue weighted by Gasteiger charge is -2.06. The van der Waals surface area contributed by atoms with Gasteiger partial charge in [-0.25, -0.2) is 15.0 Å². The van der Waals surface area contributed by atoms with Crippen molar-refractivity contribution in [2.75, 3.05) is 11.9 Å². The molecule has 0 saturated heterocycles. The van der Waals surface area contributed by atoms with Crippen LogP contribution in [0.25, 0.3) is 11.1 Å². The first-order chi connectivity index (χ1) is 9.85. The van der Waals surface area contributed by atoms with E-state index in [2.05, 4.69) is 20.3 Å². The molecule has 0 aliphatic heterocycles. The monoisotopic (exact) mass is 269 g/mol. The van der Waals surface area contributed by atoms with Gasteiger partial charge in [-0.05, 0) is 30.3 Å². The molecule has 0 bridgehead atoms. The number of oxazole rings is 1. The van der Waals surface area contributed by atoms with E-state index in [1.807, 2.05) is 24.3 Å². The zero-order chi connectivity index (χ0) is 13.8. The first kappa shape index (κ1) is 12.6. The second kappa shape index (κ2) is 5.66. The predicted octanol–water partition coefficient (Wildman–Crippen LogP) is 1.73. The number of fused-ring (bicyclic) bond motifs is 1. The molecule has 3 aromatic rings. The number of benzene rings is 1. The van der Waals surface area contributed by atoms with Crippen molar-refractivity contribution in [3.05, 3.63) is 48.2 Å². The van der Waals surface area contributed by atoms with Crippen LogP contribution < -0.4 is 11.1 Å². The number of anilines is 1. The van der Waals surface area contributed by atoms with Crippen LogP contribution in [-0.2, 0) is 13.0 Å². The van der Waals surface area contributed by atoms with Crippen LogP contribution in [-0.4, -0.2) is 21.5 Å². The minimum absolute atomic E-state index is 0.547. The van der Waals surface area contributed by atoms with Crippen molar-refractivity contribution in [1.29, 1.82) is 0 Å². The highest BCUT2D eigenvalue weighted by atomic mass is 16.3. The number of nitrogens with one attached hydrogen (secondary N) is 1. The lowest BCUT2D eigenvalue weighted by atomic mass is 10.2. The van der Waals surface area contributed by atoms with Crippen molar-refractivity contribution in [1.82, 2.24) is 15.0 Å². The van der Waals surface area contributed by atoms with Crippen LogP contribution in [0.5, 0.6) is 0 Å². The molecule has 0 aliphatic rings. The normalized spacial score (nSPS) is 10.8. The molecule has 102 valence electrons. The molecule has 3 N–H and O–H groups in total. The van der Waals surface area contributed by atoms with E-state index >= 15 is 0 Å². The summed E-state index contributed by atoms with van der Waals surface area (Å²) >= 11 is 0. The highest BCUT2D eigenvalue weighted by Gasteiger charge is 2.02. The van der Waals surface area contributed by atoms with E-state index in [0.717, 1.165) is 28.3 Å². The Morgan fingerprint density at radius 2 is 2.15 bits per heavy atom. The Morgan fingerprint density at radius 1 is 1.20 bits per heavy atom. The SMILES string of the molecule is NCCc1nccc(NCc2ccc3ncoc3c2)n1. The summed E-state index contributed by atoms with van der Waals surface area (Å²) in [5, 5.41) is 3.26. The molecule has 20 heavy (non-hydrogen) atoms. The third kappa shape index (κ3) is 2.75. The number of hydrogen-bond acceptors (Lipinski definition) is 6. The quantitative estimate of drug-likeness (QED) is 0.733. The van der Waals surface area contributed by atoms with Gasteiger partial charge in [0.05, 0.1) is 0 Å². The summed E-state index contributed by atoms with van der Waals surface area (Å²) in [5.41, 5.74) is 8.26. The molecule has 0 amide bonds. The molecule has 1 aromatic carbocycles. The Hall–Kier alpha value is -2.47. The summed E-state index contributed by atoms with van der Waals surface area (Å²) < 4.78 is 5.28. The lowest BCUT2D eigenvalue weighted by Crippen LogP contribution is -2.08. The van der Waals surface area contributed by atoms with Crippen molar-refractivity contribution in [3.8, 4) is 0 Å². The van der Waals surface area contributed by atoms with Gasteiger partial charge in [0, 0.05) is 19.2 Å². The van der Waals surface area contributed by atoms with Crippen molar-refractivity contribution in [3.63, 3.8) is 0 Å². The average molecular weight is 269 g/mol. The van der Waals surface area contributed by atoms with Gasteiger partial charge in [-0.1, -0.05) is 6.07 Å². The van der Waals surface area contributed by atoms with Gasteiger partial charge in [0.2, 0.25) is 0 Å². The Labute approximate surface area is 116 Å². The number of rotatable bonds is 5. The first-order valence-corrected chi connectivity index (χ1v) is 6.43. The summed E-state index contributed by atoms with van der Waals surface area (Å²) in [6, 6.07) is 7.76. The average Bonchev–Trinajstić information content (AvgIpc) is 2.93. The Balaban J connectivity index is 1.70. The Bertz CT molecular complexity index is 709.